The fourth-order valence-electron chi connectivity index (χ4n) is 4.48. The summed E-state index contributed by atoms with van der Waals surface area (Å²) in [5.41, 5.74) is 4.37. The number of benzene rings is 5. The number of fused-ring (bicyclic) bond motifs is 1. The maximum Gasteiger partial charge on any atom is 0.343 e. The Balaban J connectivity index is 1.24. The number of nitrogens with zero attached hydrogens (tertiary/aromatic N) is 1. The van der Waals surface area contributed by atoms with E-state index in [0.717, 1.165) is 16.3 Å². The number of hydrogen-bond donors (Lipinski definition) is 1. The van der Waals surface area contributed by atoms with Crippen molar-refractivity contribution >= 4 is 28.9 Å². The summed E-state index contributed by atoms with van der Waals surface area (Å²) in [5.74, 6) is 1.30. The van der Waals surface area contributed by atoms with Gasteiger partial charge in [-0.3, -0.25) is 4.79 Å². The minimum absolute atomic E-state index is 0.269. The second kappa shape index (κ2) is 14.6. The van der Waals surface area contributed by atoms with Crippen LogP contribution >= 0.6 is 0 Å². The van der Waals surface area contributed by atoms with Gasteiger partial charge in [0.25, 0.3) is 5.91 Å². The molecule has 9 heteroatoms. The number of amides is 1. The molecular formula is C36H32N2O7. The molecule has 0 saturated carbocycles. The third-order valence-corrected chi connectivity index (χ3v) is 6.88. The first kappa shape index (κ1) is 30.6. The van der Waals surface area contributed by atoms with Crippen molar-refractivity contribution < 1.29 is 33.3 Å². The predicted molar refractivity (Wildman–Crippen MR) is 171 cm³/mol. The van der Waals surface area contributed by atoms with Crippen LogP contribution in [0, 0.1) is 0 Å². The molecule has 1 amide bonds. The van der Waals surface area contributed by atoms with Crippen LogP contribution in [-0.4, -0.2) is 38.4 Å². The molecule has 45 heavy (non-hydrogen) atoms. The van der Waals surface area contributed by atoms with Crippen molar-refractivity contribution in [2.75, 3.05) is 14.2 Å². The summed E-state index contributed by atoms with van der Waals surface area (Å²) in [4.78, 5) is 25.9. The molecule has 0 fully saturated rings. The highest BCUT2D eigenvalue weighted by atomic mass is 16.5. The van der Waals surface area contributed by atoms with Crippen molar-refractivity contribution in [2.24, 2.45) is 5.10 Å². The van der Waals surface area contributed by atoms with Crippen LogP contribution in [0.4, 0.5) is 0 Å². The Morgan fingerprint density at radius 2 is 1.47 bits per heavy atom. The molecule has 5 aromatic rings. The quantitative estimate of drug-likeness (QED) is 0.0743. The van der Waals surface area contributed by atoms with Crippen LogP contribution in [0.3, 0.4) is 0 Å². The molecule has 0 aliphatic rings. The molecule has 1 N–H and O–H groups in total. The Kier molecular flexibility index (Phi) is 9.91. The Bertz CT molecular complexity index is 1800. The molecule has 0 aromatic heterocycles. The van der Waals surface area contributed by atoms with Crippen LogP contribution < -0.4 is 29.1 Å². The standard InChI is InChI=1S/C36H32N2O7/c1-24(44-29-17-15-28(16-18-29)43-23-25-9-5-4-6-10-25)35(39)38-37-22-31-30-12-8-7-11-26(30)13-19-32(31)45-36(40)27-14-20-33(41-2)34(21-27)42-3/h4-22,24H,23H2,1-3H3,(H,38,39)/b37-22+. The maximum atomic E-state index is 13.1. The minimum atomic E-state index is -0.840. The third kappa shape index (κ3) is 7.77. The predicted octanol–water partition coefficient (Wildman–Crippen LogP) is 6.57. The fraction of sp³-hybridized carbons (Fsp3) is 0.139. The van der Waals surface area contributed by atoms with Crippen LogP contribution in [0.1, 0.15) is 28.4 Å². The summed E-state index contributed by atoms with van der Waals surface area (Å²) in [5, 5.41) is 5.85. The summed E-state index contributed by atoms with van der Waals surface area (Å²) < 4.78 is 27.9. The van der Waals surface area contributed by atoms with Crippen molar-refractivity contribution in [2.45, 2.75) is 19.6 Å². The molecule has 1 atom stereocenters. The second-order valence-electron chi connectivity index (χ2n) is 9.90. The first-order valence-corrected chi connectivity index (χ1v) is 14.2. The van der Waals surface area contributed by atoms with Gasteiger partial charge in [-0.1, -0.05) is 60.7 Å². The highest BCUT2D eigenvalue weighted by molar-refractivity contribution is 6.04. The molecule has 0 radical (unpaired) electrons. The van der Waals surface area contributed by atoms with Crippen LogP contribution in [0.25, 0.3) is 10.8 Å². The fourth-order valence-corrected chi connectivity index (χ4v) is 4.48. The number of methoxy groups -OCH3 is 2. The van der Waals surface area contributed by atoms with Gasteiger partial charge in [0.15, 0.2) is 17.6 Å². The molecule has 5 aromatic carbocycles. The summed E-state index contributed by atoms with van der Waals surface area (Å²) >= 11 is 0. The molecule has 9 nitrogen and oxygen atoms in total. The molecule has 0 spiro atoms. The first-order chi connectivity index (χ1) is 21.9. The Labute approximate surface area is 261 Å². The van der Waals surface area contributed by atoms with Crippen molar-refractivity contribution in [3.05, 3.63) is 126 Å². The number of nitrogens with one attached hydrogen (secondary N) is 1. The van der Waals surface area contributed by atoms with E-state index in [0.29, 0.717) is 35.2 Å². The lowest BCUT2D eigenvalue weighted by molar-refractivity contribution is -0.127. The smallest absolute Gasteiger partial charge is 0.343 e. The van der Waals surface area contributed by atoms with Gasteiger partial charge in [-0.15, -0.1) is 0 Å². The van der Waals surface area contributed by atoms with Crippen molar-refractivity contribution in [3.8, 4) is 28.7 Å². The molecule has 0 saturated heterocycles. The van der Waals surface area contributed by atoms with E-state index in [4.69, 9.17) is 23.7 Å². The van der Waals surface area contributed by atoms with Crippen molar-refractivity contribution in [3.63, 3.8) is 0 Å². The number of hydrogen-bond acceptors (Lipinski definition) is 8. The van der Waals surface area contributed by atoms with E-state index < -0.39 is 18.0 Å². The van der Waals surface area contributed by atoms with Gasteiger partial charge in [-0.25, -0.2) is 10.2 Å². The molecule has 0 heterocycles. The van der Waals surface area contributed by atoms with E-state index in [1.54, 1.807) is 55.5 Å². The van der Waals surface area contributed by atoms with E-state index in [9.17, 15) is 9.59 Å². The zero-order chi connectivity index (χ0) is 31.6. The Morgan fingerprint density at radius 3 is 2.22 bits per heavy atom. The number of ether oxygens (including phenoxy) is 5. The molecule has 228 valence electrons. The van der Waals surface area contributed by atoms with Crippen LogP contribution in [0.2, 0.25) is 0 Å². The van der Waals surface area contributed by atoms with Gasteiger partial charge in [-0.05, 0) is 71.8 Å². The monoisotopic (exact) mass is 604 g/mol. The largest absolute Gasteiger partial charge is 0.493 e. The van der Waals surface area contributed by atoms with Gasteiger partial charge in [0.1, 0.15) is 23.9 Å². The lowest BCUT2D eigenvalue weighted by Crippen LogP contribution is -2.33. The van der Waals surface area contributed by atoms with Gasteiger partial charge < -0.3 is 23.7 Å². The number of carbonyl (C=O) groups is 2. The SMILES string of the molecule is COc1ccc(C(=O)Oc2ccc3ccccc3c2/C=N/NC(=O)C(C)Oc2ccc(OCc3ccccc3)cc2)cc1OC. The van der Waals surface area contributed by atoms with Gasteiger partial charge in [-0.2, -0.15) is 5.10 Å². The van der Waals surface area contributed by atoms with Gasteiger partial charge >= 0.3 is 5.97 Å². The number of esters is 1. The van der Waals surface area contributed by atoms with Crippen LogP contribution in [-0.2, 0) is 11.4 Å². The van der Waals surface area contributed by atoms with Gasteiger partial charge in [0, 0.05) is 5.56 Å². The Morgan fingerprint density at radius 1 is 0.778 bits per heavy atom. The molecule has 5 rings (SSSR count). The molecule has 1 unspecified atom stereocenters. The maximum absolute atomic E-state index is 13.1. The summed E-state index contributed by atoms with van der Waals surface area (Å²) in [6.07, 6.45) is 0.608. The number of carbonyl (C=O) groups excluding carboxylic acids is 2. The zero-order valence-corrected chi connectivity index (χ0v) is 25.1. The van der Waals surface area contributed by atoms with E-state index in [1.165, 1.54) is 20.4 Å². The highest BCUT2D eigenvalue weighted by Crippen LogP contribution is 2.30. The summed E-state index contributed by atoms with van der Waals surface area (Å²) in [7, 11) is 3.01. The Hall–Kier alpha value is -5.83. The minimum Gasteiger partial charge on any atom is -0.493 e. The van der Waals surface area contributed by atoms with E-state index in [-0.39, 0.29) is 11.3 Å². The van der Waals surface area contributed by atoms with E-state index in [1.807, 2.05) is 60.7 Å². The average Bonchev–Trinajstić information content (AvgIpc) is 3.08. The molecule has 0 bridgehead atoms. The zero-order valence-electron chi connectivity index (χ0n) is 25.1. The molecule has 0 aliphatic heterocycles. The number of rotatable bonds is 12. The first-order valence-electron chi connectivity index (χ1n) is 14.2. The van der Waals surface area contributed by atoms with Gasteiger partial charge in [0.2, 0.25) is 0 Å². The van der Waals surface area contributed by atoms with E-state index >= 15 is 0 Å². The normalized spacial score (nSPS) is 11.5. The van der Waals surface area contributed by atoms with E-state index in [2.05, 4.69) is 10.5 Å². The lowest BCUT2D eigenvalue weighted by Gasteiger charge is -2.14. The molecule has 0 aliphatic carbocycles. The second-order valence-corrected chi connectivity index (χ2v) is 9.90. The summed E-state index contributed by atoms with van der Waals surface area (Å²) in [6.45, 7) is 2.07. The average molecular weight is 605 g/mol. The van der Waals surface area contributed by atoms with Crippen molar-refractivity contribution in [1.82, 2.24) is 5.43 Å². The lowest BCUT2D eigenvalue weighted by atomic mass is 10.0. The highest BCUT2D eigenvalue weighted by Gasteiger charge is 2.17. The van der Waals surface area contributed by atoms with Crippen molar-refractivity contribution in [1.29, 1.82) is 0 Å². The summed E-state index contributed by atoms with van der Waals surface area (Å²) in [6, 6.07) is 32.8. The van der Waals surface area contributed by atoms with Gasteiger partial charge in [0.05, 0.1) is 26.0 Å². The van der Waals surface area contributed by atoms with Crippen LogP contribution in [0.5, 0.6) is 28.7 Å². The van der Waals surface area contributed by atoms with Crippen LogP contribution in [0.15, 0.2) is 114 Å². The topological polar surface area (TPSA) is 105 Å². The third-order valence-electron chi connectivity index (χ3n) is 6.88. The molecular weight excluding hydrogens is 572 g/mol. The number of hydrazone groups is 1.